The summed E-state index contributed by atoms with van der Waals surface area (Å²) in [5, 5.41) is 3.97. The average Bonchev–Trinajstić information content (AvgIpc) is 2.84. The predicted molar refractivity (Wildman–Crippen MR) is 65.5 cm³/mol. The molecule has 128 valence electrons. The normalized spacial score (nSPS) is 33.1. The van der Waals surface area contributed by atoms with Crippen molar-refractivity contribution in [2.24, 2.45) is 0 Å². The summed E-state index contributed by atoms with van der Waals surface area (Å²) in [4.78, 5) is 11.4. The van der Waals surface area contributed by atoms with Crippen molar-refractivity contribution in [3.05, 3.63) is 0 Å². The van der Waals surface area contributed by atoms with E-state index in [0.717, 1.165) is 0 Å². The predicted octanol–water partition coefficient (Wildman–Crippen LogP) is 0.0568. The van der Waals surface area contributed by atoms with Crippen LogP contribution in [0.2, 0.25) is 0 Å². The average molecular weight is 346 g/mol. The van der Waals surface area contributed by atoms with Gasteiger partial charge in [0.05, 0.1) is 13.2 Å². The molecule has 0 aromatic rings. The van der Waals surface area contributed by atoms with Crippen LogP contribution in [0, 0.1) is 0 Å². The number of aliphatic hydroxyl groups excluding tert-OH is 1. The van der Waals surface area contributed by atoms with E-state index in [-0.39, 0.29) is 26.1 Å². The van der Waals surface area contributed by atoms with Crippen molar-refractivity contribution >= 4 is 16.1 Å². The van der Waals surface area contributed by atoms with Crippen LogP contribution < -0.4 is 0 Å². The third-order valence-electron chi connectivity index (χ3n) is 3.63. The molecule has 0 aromatic heterocycles. The van der Waals surface area contributed by atoms with Crippen molar-refractivity contribution in [3.8, 4) is 0 Å². The second-order valence-corrected chi connectivity index (χ2v) is 6.64. The minimum atomic E-state index is -5.93. The summed E-state index contributed by atoms with van der Waals surface area (Å²) in [7, 11) is -5.93. The number of aliphatic hydroxyl groups is 1. The van der Waals surface area contributed by atoms with E-state index in [9.17, 15) is 22.0 Å². The van der Waals surface area contributed by atoms with Crippen LogP contribution in [-0.2, 0) is 29.1 Å². The van der Waals surface area contributed by atoms with E-state index in [1.54, 1.807) is 0 Å². The molecule has 1 saturated carbocycles. The Morgan fingerprint density at radius 1 is 1.41 bits per heavy atom. The van der Waals surface area contributed by atoms with Gasteiger partial charge >= 0.3 is 21.3 Å². The second-order valence-electron chi connectivity index (χ2n) is 5.18. The summed E-state index contributed by atoms with van der Waals surface area (Å²) in [6.45, 7) is -0.358. The Kier molecular flexibility index (Phi) is 4.74. The minimum absolute atomic E-state index is 0.000752. The van der Waals surface area contributed by atoms with Gasteiger partial charge in [0.2, 0.25) is 5.79 Å². The Morgan fingerprint density at radius 2 is 2.09 bits per heavy atom. The van der Waals surface area contributed by atoms with Gasteiger partial charge in [-0.2, -0.15) is 17.2 Å². The van der Waals surface area contributed by atoms with Crippen molar-refractivity contribution < 1.29 is 45.9 Å². The van der Waals surface area contributed by atoms with E-state index < -0.39 is 39.3 Å². The van der Waals surface area contributed by atoms with Crippen LogP contribution in [0.1, 0.15) is 25.7 Å². The van der Waals surface area contributed by atoms with Crippen LogP contribution in [0.4, 0.5) is 8.78 Å². The monoisotopic (exact) mass is 346 g/mol. The van der Waals surface area contributed by atoms with Crippen LogP contribution >= 0.6 is 0 Å². The summed E-state index contributed by atoms with van der Waals surface area (Å²) in [6.07, 6.45) is -0.391. The number of ether oxygens (including phenoxy) is 3. The topological polar surface area (TPSA) is 119 Å². The summed E-state index contributed by atoms with van der Waals surface area (Å²) in [5.74, 6) is -3.86. The van der Waals surface area contributed by atoms with Crippen molar-refractivity contribution in [2.75, 3.05) is 13.2 Å². The van der Waals surface area contributed by atoms with Crippen molar-refractivity contribution in [2.45, 2.75) is 48.9 Å². The number of carbonyl (C=O) groups excluding carboxylic acids is 1. The molecule has 3 unspecified atom stereocenters. The van der Waals surface area contributed by atoms with E-state index in [0.29, 0.717) is 12.8 Å². The third-order valence-corrected chi connectivity index (χ3v) is 4.44. The number of hydrogen-bond donors (Lipinski definition) is 2. The zero-order valence-corrected chi connectivity index (χ0v) is 12.2. The maximum Gasteiger partial charge on any atom is 0.465 e. The van der Waals surface area contributed by atoms with Crippen LogP contribution in [0.5, 0.6) is 0 Å². The highest BCUT2D eigenvalue weighted by molar-refractivity contribution is 7.87. The van der Waals surface area contributed by atoms with Crippen molar-refractivity contribution in [1.82, 2.24) is 0 Å². The van der Waals surface area contributed by atoms with Gasteiger partial charge in [0.15, 0.2) is 6.10 Å². The molecule has 1 heterocycles. The molecule has 0 aromatic carbocycles. The lowest BCUT2D eigenvalue weighted by Gasteiger charge is -2.38. The Bertz CT molecular complexity index is 536. The van der Waals surface area contributed by atoms with Crippen molar-refractivity contribution in [1.29, 1.82) is 0 Å². The van der Waals surface area contributed by atoms with Gasteiger partial charge in [-0.25, -0.2) is 4.79 Å². The first-order chi connectivity index (χ1) is 10.1. The van der Waals surface area contributed by atoms with Gasteiger partial charge in [-0.1, -0.05) is 0 Å². The van der Waals surface area contributed by atoms with E-state index in [1.807, 2.05) is 0 Å². The number of halogens is 2. The highest BCUT2D eigenvalue weighted by Gasteiger charge is 2.58. The summed E-state index contributed by atoms with van der Waals surface area (Å²) < 4.78 is 71.4. The zero-order chi connectivity index (χ0) is 16.6. The molecule has 22 heavy (non-hydrogen) atoms. The molecule has 8 nitrogen and oxygen atoms in total. The molecule has 1 saturated heterocycles. The molecule has 2 aliphatic rings. The molecule has 0 radical (unpaired) electrons. The largest absolute Gasteiger partial charge is 0.465 e. The highest BCUT2D eigenvalue weighted by Crippen LogP contribution is 2.40. The standard InChI is InChI=1S/C11H16F2O8S/c12-11(13,22(16,17)18)9(15)20-8-3-1-2-4-10(8)19-6-7(5-14)21-10/h7-8,14H,1-6H2,(H,16,17,18). The zero-order valence-electron chi connectivity index (χ0n) is 11.4. The smallest absolute Gasteiger partial charge is 0.451 e. The molecule has 0 bridgehead atoms. The third kappa shape index (κ3) is 3.08. The van der Waals surface area contributed by atoms with Gasteiger partial charge in [0, 0.05) is 6.42 Å². The number of esters is 1. The first kappa shape index (κ1) is 17.5. The summed E-state index contributed by atoms with van der Waals surface area (Å²) in [6, 6.07) is 0. The SMILES string of the molecule is O=C(OC1CCCCC12OCC(CO)O2)C(F)(F)S(=O)(=O)O. The molecule has 1 aliphatic heterocycles. The minimum Gasteiger partial charge on any atom is -0.451 e. The van der Waals surface area contributed by atoms with Crippen LogP contribution in [-0.4, -0.2) is 60.5 Å². The van der Waals surface area contributed by atoms with Gasteiger partial charge in [-0.3, -0.25) is 4.55 Å². The van der Waals surface area contributed by atoms with Gasteiger partial charge in [0.1, 0.15) is 6.10 Å². The first-order valence-corrected chi connectivity index (χ1v) is 8.05. The first-order valence-electron chi connectivity index (χ1n) is 6.61. The highest BCUT2D eigenvalue weighted by atomic mass is 32.2. The fraction of sp³-hybridized carbons (Fsp3) is 0.909. The maximum atomic E-state index is 13.3. The lowest BCUT2D eigenvalue weighted by molar-refractivity contribution is -0.257. The van der Waals surface area contributed by atoms with Crippen LogP contribution in [0.25, 0.3) is 0 Å². The molecular formula is C11H16F2O8S. The van der Waals surface area contributed by atoms with Gasteiger partial charge in [-0.05, 0) is 19.3 Å². The number of hydrogen-bond acceptors (Lipinski definition) is 7. The van der Waals surface area contributed by atoms with E-state index in [4.69, 9.17) is 19.1 Å². The van der Waals surface area contributed by atoms with E-state index in [2.05, 4.69) is 4.74 Å². The van der Waals surface area contributed by atoms with Gasteiger partial charge in [-0.15, -0.1) is 0 Å². The Morgan fingerprint density at radius 3 is 2.64 bits per heavy atom. The fourth-order valence-electron chi connectivity index (χ4n) is 2.51. The molecule has 0 amide bonds. The Balaban J connectivity index is 2.15. The van der Waals surface area contributed by atoms with Gasteiger partial charge in [0.25, 0.3) is 0 Å². The van der Waals surface area contributed by atoms with E-state index >= 15 is 0 Å². The maximum absolute atomic E-state index is 13.3. The molecular weight excluding hydrogens is 330 g/mol. The number of rotatable bonds is 4. The summed E-state index contributed by atoms with van der Waals surface area (Å²) in [5.41, 5.74) is 0. The van der Waals surface area contributed by atoms with Gasteiger partial charge < -0.3 is 19.3 Å². The Hall–Kier alpha value is -0.880. The fourth-order valence-corrected chi connectivity index (χ4v) is 2.77. The molecule has 11 heteroatoms. The second kappa shape index (κ2) is 5.96. The lowest BCUT2D eigenvalue weighted by Crippen LogP contribution is -2.51. The molecule has 3 atom stereocenters. The number of alkyl halides is 2. The van der Waals surface area contributed by atoms with Crippen molar-refractivity contribution in [3.63, 3.8) is 0 Å². The number of carbonyl (C=O) groups is 1. The van der Waals surface area contributed by atoms with E-state index in [1.165, 1.54) is 0 Å². The van der Waals surface area contributed by atoms with Crippen LogP contribution in [0.3, 0.4) is 0 Å². The lowest BCUT2D eigenvalue weighted by atomic mass is 9.91. The molecule has 2 N–H and O–H groups in total. The molecule has 2 fully saturated rings. The van der Waals surface area contributed by atoms with Crippen LogP contribution in [0.15, 0.2) is 0 Å². The summed E-state index contributed by atoms with van der Waals surface area (Å²) >= 11 is 0. The molecule has 1 spiro atoms. The quantitative estimate of drug-likeness (QED) is 0.542. The Labute approximate surface area is 125 Å². The molecule has 1 aliphatic carbocycles. The molecule has 2 rings (SSSR count).